The lowest BCUT2D eigenvalue weighted by Gasteiger charge is -2.19. The Morgan fingerprint density at radius 2 is 2.07 bits per heavy atom. The van der Waals surface area contributed by atoms with Crippen molar-refractivity contribution in [2.75, 3.05) is 5.32 Å². The van der Waals surface area contributed by atoms with E-state index in [1.54, 1.807) is 4.68 Å². The highest BCUT2D eigenvalue weighted by Gasteiger charge is 2.26. The van der Waals surface area contributed by atoms with Crippen molar-refractivity contribution >= 4 is 28.4 Å². The fourth-order valence-electron chi connectivity index (χ4n) is 3.28. The molecule has 1 aliphatic heterocycles. The summed E-state index contributed by atoms with van der Waals surface area (Å²) < 4.78 is 1.78. The maximum absolute atomic E-state index is 12.4. The van der Waals surface area contributed by atoms with Gasteiger partial charge in [0.1, 0.15) is 5.56 Å². The minimum Gasteiger partial charge on any atom is -0.499 e. The highest BCUT2D eigenvalue weighted by molar-refractivity contribution is 7.11. The molecule has 0 unspecified atom stereocenters. The summed E-state index contributed by atoms with van der Waals surface area (Å²) in [6, 6.07) is 9.24. The van der Waals surface area contributed by atoms with Gasteiger partial charge < -0.3 is 10.4 Å². The van der Waals surface area contributed by atoms with Crippen molar-refractivity contribution in [2.24, 2.45) is 12.0 Å². The quantitative estimate of drug-likeness (QED) is 0.628. The standard InChI is InChI=1S/C18H17N5O3S/c1-9-7-14(23(2)22-9)12-8-13(15-16(24)21-18(26)27-17(15)25)20-11-6-4-3-5-10(11)19-12/h3-7,12,19,25H,8H2,1-2H3,(H,21,24,26)/t12-/m0/s1. The summed E-state index contributed by atoms with van der Waals surface area (Å²) in [6.07, 6.45) is 0.342. The zero-order valence-electron chi connectivity index (χ0n) is 14.7. The van der Waals surface area contributed by atoms with Gasteiger partial charge in [-0.25, -0.2) is 0 Å². The number of fused-ring (bicyclic) bond motifs is 1. The van der Waals surface area contributed by atoms with Gasteiger partial charge in [-0.15, -0.1) is 0 Å². The molecule has 2 aromatic heterocycles. The molecular formula is C18H17N5O3S. The Hall–Kier alpha value is -3.20. The molecule has 3 N–H and O–H groups in total. The van der Waals surface area contributed by atoms with Crippen molar-refractivity contribution in [1.82, 2.24) is 14.8 Å². The van der Waals surface area contributed by atoms with E-state index >= 15 is 0 Å². The first kappa shape index (κ1) is 17.2. The molecule has 0 saturated carbocycles. The molecule has 0 aliphatic carbocycles. The number of H-pyrrole nitrogens is 1. The molecule has 138 valence electrons. The van der Waals surface area contributed by atoms with Gasteiger partial charge in [0.15, 0.2) is 5.06 Å². The number of aliphatic imine (C=N–C) groups is 1. The minimum absolute atomic E-state index is 0.0296. The average Bonchev–Trinajstić information content (AvgIpc) is 2.82. The van der Waals surface area contributed by atoms with Crippen LogP contribution in [-0.2, 0) is 7.05 Å². The number of nitrogens with one attached hydrogen (secondary N) is 2. The molecule has 27 heavy (non-hydrogen) atoms. The van der Waals surface area contributed by atoms with Crippen molar-refractivity contribution in [2.45, 2.75) is 19.4 Å². The molecule has 0 saturated heterocycles. The summed E-state index contributed by atoms with van der Waals surface area (Å²) in [7, 11) is 1.86. The first-order chi connectivity index (χ1) is 12.9. The van der Waals surface area contributed by atoms with Crippen LogP contribution in [0.4, 0.5) is 11.4 Å². The van der Waals surface area contributed by atoms with E-state index in [9.17, 15) is 14.7 Å². The minimum atomic E-state index is -0.644. The number of para-hydroxylation sites is 2. The molecule has 0 bridgehead atoms. The number of rotatable bonds is 2. The van der Waals surface area contributed by atoms with Crippen molar-refractivity contribution in [3.8, 4) is 5.06 Å². The van der Waals surface area contributed by atoms with E-state index < -0.39 is 10.4 Å². The van der Waals surface area contributed by atoms with Gasteiger partial charge >= 0.3 is 4.87 Å². The summed E-state index contributed by atoms with van der Waals surface area (Å²) in [5.74, 6) is 0. The lowest BCUT2D eigenvalue weighted by Crippen LogP contribution is -2.25. The van der Waals surface area contributed by atoms with Crippen LogP contribution in [0.1, 0.15) is 29.4 Å². The van der Waals surface area contributed by atoms with Crippen molar-refractivity contribution < 1.29 is 5.11 Å². The van der Waals surface area contributed by atoms with E-state index in [2.05, 4.69) is 20.4 Å². The van der Waals surface area contributed by atoms with Crippen molar-refractivity contribution in [1.29, 1.82) is 0 Å². The summed E-state index contributed by atoms with van der Waals surface area (Å²) in [5, 5.41) is 17.8. The Kier molecular flexibility index (Phi) is 4.15. The second-order valence-corrected chi connectivity index (χ2v) is 7.30. The fraction of sp³-hybridized carbons (Fsp3) is 0.222. The Morgan fingerprint density at radius 1 is 1.30 bits per heavy atom. The molecule has 0 spiro atoms. The Bertz CT molecular complexity index is 1170. The van der Waals surface area contributed by atoms with Crippen LogP contribution >= 0.6 is 11.3 Å². The Morgan fingerprint density at radius 3 is 2.78 bits per heavy atom. The predicted octanol–water partition coefficient (Wildman–Crippen LogP) is 2.22. The molecule has 1 aliphatic rings. The molecule has 9 heteroatoms. The maximum Gasteiger partial charge on any atom is 0.310 e. The number of hydrogen-bond acceptors (Lipinski definition) is 7. The van der Waals surface area contributed by atoms with Gasteiger partial charge in [0.2, 0.25) is 0 Å². The number of benzene rings is 1. The SMILES string of the molecule is Cc1cc([C@@H]2CC(c3c(O)sc(=O)[nH]c3=O)=Nc3ccccc3N2)n(C)n1. The van der Waals surface area contributed by atoms with Crippen LogP contribution < -0.4 is 15.7 Å². The summed E-state index contributed by atoms with van der Waals surface area (Å²) >= 11 is 0.585. The molecule has 1 aromatic carbocycles. The van der Waals surface area contributed by atoms with Crippen LogP contribution in [0.2, 0.25) is 0 Å². The van der Waals surface area contributed by atoms with Crippen molar-refractivity contribution in [3.05, 3.63) is 67.3 Å². The van der Waals surface area contributed by atoms with E-state index in [0.717, 1.165) is 17.1 Å². The van der Waals surface area contributed by atoms with Crippen LogP contribution in [-0.4, -0.2) is 25.6 Å². The fourth-order valence-corrected chi connectivity index (χ4v) is 3.91. The zero-order valence-corrected chi connectivity index (χ0v) is 15.5. The number of aryl methyl sites for hydroxylation is 2. The maximum atomic E-state index is 12.4. The summed E-state index contributed by atoms with van der Waals surface area (Å²) in [5.41, 5.74) is 3.07. The predicted molar refractivity (Wildman–Crippen MR) is 104 cm³/mol. The third-order valence-electron chi connectivity index (χ3n) is 4.42. The van der Waals surface area contributed by atoms with Gasteiger partial charge in [0.05, 0.1) is 34.5 Å². The smallest absolute Gasteiger partial charge is 0.310 e. The van der Waals surface area contributed by atoms with Gasteiger partial charge in [-0.1, -0.05) is 12.1 Å². The first-order valence-corrected chi connectivity index (χ1v) is 9.14. The molecule has 3 heterocycles. The van der Waals surface area contributed by atoms with E-state index in [-0.39, 0.29) is 16.7 Å². The van der Waals surface area contributed by atoms with Crippen LogP contribution in [0.5, 0.6) is 5.06 Å². The van der Waals surface area contributed by atoms with Crippen molar-refractivity contribution in [3.63, 3.8) is 0 Å². The van der Waals surface area contributed by atoms with Gasteiger partial charge in [-0.3, -0.25) is 24.2 Å². The topological polar surface area (TPSA) is 112 Å². The van der Waals surface area contributed by atoms with Gasteiger partial charge in [-0.05, 0) is 36.5 Å². The molecular weight excluding hydrogens is 366 g/mol. The van der Waals surface area contributed by atoms with Crippen LogP contribution in [0.3, 0.4) is 0 Å². The summed E-state index contributed by atoms with van der Waals surface area (Å²) in [6.45, 7) is 1.91. The monoisotopic (exact) mass is 383 g/mol. The zero-order chi connectivity index (χ0) is 19.1. The molecule has 3 aromatic rings. The van der Waals surface area contributed by atoms with Gasteiger partial charge in [0, 0.05) is 13.5 Å². The van der Waals surface area contributed by atoms with Crippen LogP contribution in [0.15, 0.2) is 44.9 Å². The first-order valence-electron chi connectivity index (χ1n) is 8.33. The Balaban J connectivity index is 1.91. The second-order valence-electron chi connectivity index (χ2n) is 6.33. The van der Waals surface area contributed by atoms with E-state index in [1.807, 2.05) is 44.3 Å². The largest absolute Gasteiger partial charge is 0.499 e. The number of nitrogens with zero attached hydrogens (tertiary/aromatic N) is 3. The van der Waals surface area contributed by atoms with E-state index in [4.69, 9.17) is 0 Å². The molecule has 0 radical (unpaired) electrons. The second kappa shape index (κ2) is 6.51. The molecule has 0 amide bonds. The van der Waals surface area contributed by atoms with E-state index in [1.165, 1.54) is 0 Å². The third-order valence-corrected chi connectivity index (χ3v) is 5.10. The lowest BCUT2D eigenvalue weighted by atomic mass is 10.0. The highest BCUT2D eigenvalue weighted by atomic mass is 32.1. The lowest BCUT2D eigenvalue weighted by molar-refractivity contribution is 0.487. The van der Waals surface area contributed by atoms with E-state index in [0.29, 0.717) is 29.2 Å². The average molecular weight is 383 g/mol. The molecule has 4 rings (SSSR count). The number of aromatic hydroxyl groups is 1. The van der Waals surface area contributed by atoms with Gasteiger partial charge in [0.25, 0.3) is 5.56 Å². The van der Waals surface area contributed by atoms with Crippen LogP contribution in [0.25, 0.3) is 0 Å². The molecule has 0 fully saturated rings. The number of anilines is 1. The normalized spacial score (nSPS) is 16.2. The number of aromatic amines is 1. The Labute approximate surface area is 157 Å². The number of hydrogen-bond donors (Lipinski definition) is 3. The number of aromatic nitrogens is 3. The summed E-state index contributed by atoms with van der Waals surface area (Å²) in [4.78, 5) is 30.1. The highest BCUT2D eigenvalue weighted by Crippen LogP contribution is 2.36. The van der Waals surface area contributed by atoms with Gasteiger partial charge in [-0.2, -0.15) is 5.10 Å². The van der Waals surface area contributed by atoms with Crippen LogP contribution in [0, 0.1) is 6.92 Å². The molecule has 1 atom stereocenters. The molecule has 8 nitrogen and oxygen atoms in total. The third kappa shape index (κ3) is 3.17.